The second-order valence-corrected chi connectivity index (χ2v) is 7.00. The molecule has 3 aliphatic rings. The number of carbonyl (C=O) groups excluding carboxylic acids is 3. The van der Waals surface area contributed by atoms with Gasteiger partial charge in [0.05, 0.1) is 23.4 Å². The highest BCUT2D eigenvalue weighted by Gasteiger charge is 2.52. The fourth-order valence-electron chi connectivity index (χ4n) is 3.84. The van der Waals surface area contributed by atoms with Crippen molar-refractivity contribution in [3.8, 4) is 0 Å². The van der Waals surface area contributed by atoms with Crippen LogP contribution in [-0.4, -0.2) is 51.6 Å². The SMILES string of the molecule is O=C(c1ccc(C(F)(F)F)nc1)N1CC(N2C(=O)[C@@H]3CC=CC[C@H]3C2=O)C1. The summed E-state index contributed by atoms with van der Waals surface area (Å²) < 4.78 is 37.6. The lowest BCUT2D eigenvalue weighted by Crippen LogP contribution is -2.62. The molecule has 3 heterocycles. The molecule has 4 rings (SSSR count). The minimum absolute atomic E-state index is 0.0402. The van der Waals surface area contributed by atoms with Crippen LogP contribution in [0.1, 0.15) is 28.9 Å². The number of amides is 3. The molecule has 2 atom stereocenters. The lowest BCUT2D eigenvalue weighted by molar-refractivity contribution is -0.146. The molecule has 1 aromatic rings. The summed E-state index contributed by atoms with van der Waals surface area (Å²) in [4.78, 5) is 43.4. The zero-order valence-corrected chi connectivity index (χ0v) is 14.1. The van der Waals surface area contributed by atoms with E-state index in [1.54, 1.807) is 0 Å². The zero-order chi connectivity index (χ0) is 19.3. The van der Waals surface area contributed by atoms with Crippen LogP contribution in [-0.2, 0) is 15.8 Å². The molecule has 0 N–H and O–H groups in total. The van der Waals surface area contributed by atoms with Gasteiger partial charge < -0.3 is 4.90 Å². The number of halogens is 3. The van der Waals surface area contributed by atoms with Gasteiger partial charge in [-0.1, -0.05) is 12.2 Å². The number of alkyl halides is 3. The smallest absolute Gasteiger partial charge is 0.334 e. The Morgan fingerprint density at radius 1 is 1.04 bits per heavy atom. The molecule has 0 bridgehead atoms. The van der Waals surface area contributed by atoms with Crippen LogP contribution >= 0.6 is 0 Å². The maximum absolute atomic E-state index is 12.5. The minimum atomic E-state index is -4.56. The Morgan fingerprint density at radius 3 is 2.11 bits per heavy atom. The Bertz CT molecular complexity index is 802. The van der Waals surface area contributed by atoms with Crippen molar-refractivity contribution in [2.45, 2.75) is 25.1 Å². The summed E-state index contributed by atoms with van der Waals surface area (Å²) >= 11 is 0. The van der Waals surface area contributed by atoms with Gasteiger partial charge in [-0.25, -0.2) is 0 Å². The van der Waals surface area contributed by atoms with E-state index in [2.05, 4.69) is 4.98 Å². The van der Waals surface area contributed by atoms with Crippen molar-refractivity contribution in [1.82, 2.24) is 14.8 Å². The van der Waals surface area contributed by atoms with Gasteiger partial charge in [0, 0.05) is 19.3 Å². The second-order valence-electron chi connectivity index (χ2n) is 7.00. The van der Waals surface area contributed by atoms with Crippen molar-refractivity contribution in [3.05, 3.63) is 41.7 Å². The Hall–Kier alpha value is -2.71. The van der Waals surface area contributed by atoms with Gasteiger partial charge >= 0.3 is 6.18 Å². The molecule has 0 saturated carbocycles. The number of aromatic nitrogens is 1. The summed E-state index contributed by atoms with van der Waals surface area (Å²) in [5.74, 6) is -1.48. The highest BCUT2D eigenvalue weighted by molar-refractivity contribution is 6.06. The molecule has 1 aromatic heterocycles. The summed E-state index contributed by atoms with van der Waals surface area (Å²) in [6, 6.07) is 1.47. The van der Waals surface area contributed by atoms with Crippen molar-refractivity contribution in [1.29, 1.82) is 0 Å². The lowest BCUT2D eigenvalue weighted by atomic mass is 9.85. The maximum atomic E-state index is 12.5. The van der Waals surface area contributed by atoms with E-state index in [4.69, 9.17) is 0 Å². The van der Waals surface area contributed by atoms with Crippen LogP contribution < -0.4 is 0 Å². The van der Waals surface area contributed by atoms with E-state index in [-0.39, 0.29) is 48.3 Å². The normalized spacial score (nSPS) is 25.6. The number of hydrogen-bond acceptors (Lipinski definition) is 4. The van der Waals surface area contributed by atoms with Crippen molar-refractivity contribution in [2.75, 3.05) is 13.1 Å². The number of nitrogens with zero attached hydrogens (tertiary/aromatic N) is 3. The number of fused-ring (bicyclic) bond motifs is 1. The molecule has 2 aliphatic heterocycles. The average Bonchev–Trinajstić information content (AvgIpc) is 2.85. The number of allylic oxidation sites excluding steroid dienone is 2. The van der Waals surface area contributed by atoms with Gasteiger partial charge in [-0.3, -0.25) is 24.3 Å². The topological polar surface area (TPSA) is 70.6 Å². The molecule has 0 spiro atoms. The van der Waals surface area contributed by atoms with E-state index in [1.165, 1.54) is 9.80 Å². The number of hydrogen-bond donors (Lipinski definition) is 0. The number of imide groups is 1. The average molecular weight is 379 g/mol. The first-order chi connectivity index (χ1) is 12.8. The summed E-state index contributed by atoms with van der Waals surface area (Å²) in [5, 5.41) is 0. The number of likely N-dealkylation sites (tertiary alicyclic amines) is 2. The Labute approximate surface area is 152 Å². The molecule has 2 fully saturated rings. The van der Waals surface area contributed by atoms with Crippen LogP contribution in [0.2, 0.25) is 0 Å². The predicted octanol–water partition coefficient (Wildman–Crippen LogP) is 1.88. The van der Waals surface area contributed by atoms with E-state index >= 15 is 0 Å². The number of pyridine rings is 1. The minimum Gasteiger partial charge on any atom is -0.334 e. The van der Waals surface area contributed by atoms with E-state index < -0.39 is 17.8 Å². The van der Waals surface area contributed by atoms with Crippen molar-refractivity contribution < 1.29 is 27.6 Å². The quantitative estimate of drug-likeness (QED) is 0.581. The third kappa shape index (κ3) is 2.90. The van der Waals surface area contributed by atoms with Gasteiger partial charge in [-0.15, -0.1) is 0 Å². The largest absolute Gasteiger partial charge is 0.433 e. The molecule has 0 aromatic carbocycles. The van der Waals surface area contributed by atoms with Gasteiger partial charge in [0.1, 0.15) is 5.69 Å². The third-order valence-corrected chi connectivity index (χ3v) is 5.36. The predicted molar refractivity (Wildman–Crippen MR) is 86.1 cm³/mol. The molecule has 27 heavy (non-hydrogen) atoms. The Kier molecular flexibility index (Phi) is 4.05. The fraction of sp³-hybridized carbons (Fsp3) is 0.444. The van der Waals surface area contributed by atoms with Crippen LogP contribution in [0.15, 0.2) is 30.5 Å². The Morgan fingerprint density at radius 2 is 1.63 bits per heavy atom. The van der Waals surface area contributed by atoms with Crippen LogP contribution in [0.25, 0.3) is 0 Å². The van der Waals surface area contributed by atoms with Crippen molar-refractivity contribution in [3.63, 3.8) is 0 Å². The van der Waals surface area contributed by atoms with Crippen molar-refractivity contribution in [2.24, 2.45) is 11.8 Å². The third-order valence-electron chi connectivity index (χ3n) is 5.36. The summed E-state index contributed by atoms with van der Waals surface area (Å²) in [6.45, 7) is 0.369. The van der Waals surface area contributed by atoms with Gasteiger partial charge in [0.2, 0.25) is 11.8 Å². The molecule has 0 radical (unpaired) electrons. The molecular formula is C18H16F3N3O3. The van der Waals surface area contributed by atoms with Crippen molar-refractivity contribution >= 4 is 17.7 Å². The van der Waals surface area contributed by atoms with Gasteiger partial charge in [-0.05, 0) is 25.0 Å². The molecule has 142 valence electrons. The zero-order valence-electron chi connectivity index (χ0n) is 14.1. The first-order valence-corrected chi connectivity index (χ1v) is 8.62. The molecule has 0 unspecified atom stereocenters. The highest BCUT2D eigenvalue weighted by atomic mass is 19.4. The molecule has 3 amide bonds. The summed E-state index contributed by atoms with van der Waals surface area (Å²) in [7, 11) is 0. The molecule has 1 aliphatic carbocycles. The van der Waals surface area contributed by atoms with E-state index in [0.29, 0.717) is 12.8 Å². The van der Waals surface area contributed by atoms with Crippen LogP contribution in [0.4, 0.5) is 13.2 Å². The number of carbonyl (C=O) groups is 3. The molecule has 9 heteroatoms. The van der Waals surface area contributed by atoms with Crippen LogP contribution in [0.5, 0.6) is 0 Å². The van der Waals surface area contributed by atoms with Crippen LogP contribution in [0.3, 0.4) is 0 Å². The number of rotatable bonds is 2. The van der Waals surface area contributed by atoms with Gasteiger partial charge in [0.25, 0.3) is 5.91 Å². The van der Waals surface area contributed by atoms with Gasteiger partial charge in [0.15, 0.2) is 0 Å². The lowest BCUT2D eigenvalue weighted by Gasteiger charge is -2.43. The Balaban J connectivity index is 1.40. The fourth-order valence-corrected chi connectivity index (χ4v) is 3.84. The molecule has 2 saturated heterocycles. The van der Waals surface area contributed by atoms with E-state index in [0.717, 1.165) is 18.3 Å². The van der Waals surface area contributed by atoms with E-state index in [9.17, 15) is 27.6 Å². The highest BCUT2D eigenvalue weighted by Crippen LogP contribution is 2.37. The first kappa shape index (κ1) is 17.7. The van der Waals surface area contributed by atoms with Gasteiger partial charge in [-0.2, -0.15) is 13.2 Å². The first-order valence-electron chi connectivity index (χ1n) is 8.62. The summed E-state index contributed by atoms with van der Waals surface area (Å²) in [5.41, 5.74) is -1.02. The van der Waals surface area contributed by atoms with Crippen LogP contribution in [0, 0.1) is 11.8 Å². The second kappa shape index (κ2) is 6.17. The van der Waals surface area contributed by atoms with E-state index in [1.807, 2.05) is 12.2 Å². The molecular weight excluding hydrogens is 363 g/mol. The monoisotopic (exact) mass is 379 g/mol. The summed E-state index contributed by atoms with van der Waals surface area (Å²) in [6.07, 6.45) is 1.25. The molecule has 6 nitrogen and oxygen atoms in total. The maximum Gasteiger partial charge on any atom is 0.433 e. The standard InChI is InChI=1S/C18H16F3N3O3/c19-18(20,21)14-6-5-10(7-22-14)15(25)23-8-11(9-23)24-16(26)12-3-1-2-4-13(12)17(24)27/h1-2,5-7,11-13H,3-4,8-9H2/t12-,13-/m1/s1.